The molecular weight excluding hydrogens is 324 g/mol. The molecule has 2 aromatic rings. The fourth-order valence-electron chi connectivity index (χ4n) is 2.74. The van der Waals surface area contributed by atoms with E-state index in [0.717, 1.165) is 11.0 Å². The van der Waals surface area contributed by atoms with Gasteiger partial charge >= 0.3 is 0 Å². The van der Waals surface area contributed by atoms with Crippen molar-refractivity contribution in [3.63, 3.8) is 0 Å². The Morgan fingerprint density at radius 3 is 1.42 bits per heavy atom. The van der Waals surface area contributed by atoms with Crippen molar-refractivity contribution in [1.29, 1.82) is 0 Å². The van der Waals surface area contributed by atoms with Gasteiger partial charge < -0.3 is 10.2 Å². The van der Waals surface area contributed by atoms with Crippen LogP contribution in [0.4, 0.5) is 0 Å². The van der Waals surface area contributed by atoms with Crippen molar-refractivity contribution in [3.05, 3.63) is 47.2 Å². The zero-order valence-corrected chi connectivity index (χ0v) is 16.7. The molecule has 0 saturated carbocycles. The first-order chi connectivity index (χ1) is 11.9. The average Bonchev–Trinajstić information content (AvgIpc) is 2.43. The first-order valence-electron chi connectivity index (χ1n) is 8.99. The lowest BCUT2D eigenvalue weighted by Crippen LogP contribution is -2.07. The smallest absolute Gasteiger partial charge is 0.0950 e. The molecule has 0 saturated heterocycles. The zero-order chi connectivity index (χ0) is 19.5. The summed E-state index contributed by atoms with van der Waals surface area (Å²) in [5.41, 5.74) is 2.58. The minimum atomic E-state index is -0.0325. The second-order valence-electron chi connectivity index (χ2n) is 9.23. The summed E-state index contributed by atoms with van der Waals surface area (Å²) in [5, 5.41) is 20.7. The van der Waals surface area contributed by atoms with E-state index >= 15 is 0 Å². The van der Waals surface area contributed by atoms with E-state index < -0.39 is 0 Å². The molecule has 1 aromatic heterocycles. The van der Waals surface area contributed by atoms with Crippen LogP contribution < -0.4 is 0 Å². The van der Waals surface area contributed by atoms with Crippen LogP contribution in [0.15, 0.2) is 35.8 Å². The molecule has 4 nitrogen and oxygen atoms in total. The Kier molecular flexibility index (Phi) is 5.74. The summed E-state index contributed by atoms with van der Waals surface area (Å²) in [6.45, 7) is 12.4. The molecule has 0 aliphatic heterocycles. The van der Waals surface area contributed by atoms with Gasteiger partial charge in [-0.1, -0.05) is 53.7 Å². The van der Waals surface area contributed by atoms with Crippen LogP contribution in [0.2, 0.25) is 0 Å². The highest BCUT2D eigenvalue weighted by atomic mass is 16.3. The predicted octanol–water partition coefficient (Wildman–Crippen LogP) is 6.30. The molecule has 0 amide bonds. The summed E-state index contributed by atoms with van der Waals surface area (Å²) < 4.78 is 0. The Morgan fingerprint density at radius 2 is 1.12 bits per heavy atom. The van der Waals surface area contributed by atoms with Gasteiger partial charge in [0.25, 0.3) is 0 Å². The highest BCUT2D eigenvalue weighted by Crippen LogP contribution is 2.27. The van der Waals surface area contributed by atoms with Gasteiger partial charge in [0.2, 0.25) is 0 Å². The number of hydrogen-bond donors (Lipinski definition) is 2. The fraction of sp³-hybridized carbons (Fsp3) is 0.455. The molecule has 2 rings (SSSR count). The van der Waals surface area contributed by atoms with E-state index in [1.165, 1.54) is 0 Å². The van der Waals surface area contributed by atoms with Crippen molar-refractivity contribution >= 4 is 23.2 Å². The maximum Gasteiger partial charge on any atom is 0.0950 e. The number of aliphatic hydroxyl groups is 2. The fourth-order valence-corrected chi connectivity index (χ4v) is 2.74. The van der Waals surface area contributed by atoms with Gasteiger partial charge in [0.15, 0.2) is 0 Å². The first-order valence-corrected chi connectivity index (χ1v) is 8.99. The Balaban J connectivity index is 2.52. The number of para-hydroxylation sites is 2. The maximum atomic E-state index is 10.4. The molecule has 26 heavy (non-hydrogen) atoms. The quantitative estimate of drug-likeness (QED) is 0.632. The van der Waals surface area contributed by atoms with Crippen LogP contribution in [0.3, 0.4) is 0 Å². The molecule has 4 heteroatoms. The summed E-state index contributed by atoms with van der Waals surface area (Å²) in [6.07, 6.45) is 4.39. The molecule has 0 aliphatic rings. The summed E-state index contributed by atoms with van der Waals surface area (Å²) >= 11 is 0. The van der Waals surface area contributed by atoms with Crippen molar-refractivity contribution in [2.24, 2.45) is 10.8 Å². The number of benzene rings is 1. The molecule has 0 unspecified atom stereocenters. The Bertz CT molecular complexity index is 767. The lowest BCUT2D eigenvalue weighted by atomic mass is 9.90. The molecule has 2 N–H and O–H groups in total. The third-order valence-corrected chi connectivity index (χ3v) is 3.66. The molecular formula is C22H30N2O2. The van der Waals surface area contributed by atoms with Gasteiger partial charge in [-0.15, -0.1) is 0 Å². The largest absolute Gasteiger partial charge is 0.512 e. The van der Waals surface area contributed by atoms with Crippen LogP contribution in [0.1, 0.15) is 65.8 Å². The lowest BCUT2D eigenvalue weighted by Gasteiger charge is -2.18. The third-order valence-electron chi connectivity index (χ3n) is 3.66. The third kappa shape index (κ3) is 6.17. The number of fused-ring (bicyclic) bond motifs is 1. The number of aromatic nitrogens is 2. The van der Waals surface area contributed by atoms with Gasteiger partial charge in [0, 0.05) is 25.0 Å². The highest BCUT2D eigenvalue weighted by Gasteiger charge is 2.16. The minimum absolute atomic E-state index is 0.0325. The van der Waals surface area contributed by atoms with Crippen LogP contribution in [-0.2, 0) is 0 Å². The van der Waals surface area contributed by atoms with E-state index in [2.05, 4.69) is 51.5 Å². The minimum Gasteiger partial charge on any atom is -0.512 e. The number of rotatable bonds is 4. The topological polar surface area (TPSA) is 66.2 Å². The highest BCUT2D eigenvalue weighted by molar-refractivity contribution is 5.78. The van der Waals surface area contributed by atoms with Crippen LogP contribution in [0.25, 0.3) is 23.2 Å². The monoisotopic (exact) mass is 354 g/mol. The van der Waals surface area contributed by atoms with Crippen molar-refractivity contribution in [2.75, 3.05) is 0 Å². The van der Waals surface area contributed by atoms with Crippen molar-refractivity contribution < 1.29 is 10.2 Å². The number of aliphatic hydroxyl groups excluding tert-OH is 2. The van der Waals surface area contributed by atoms with E-state index in [9.17, 15) is 10.2 Å². The zero-order valence-electron chi connectivity index (χ0n) is 16.7. The molecule has 140 valence electrons. The number of allylic oxidation sites excluding steroid dienone is 2. The van der Waals surface area contributed by atoms with Gasteiger partial charge in [-0.25, -0.2) is 9.97 Å². The van der Waals surface area contributed by atoms with Gasteiger partial charge in [-0.05, 0) is 23.0 Å². The van der Waals surface area contributed by atoms with E-state index in [0.29, 0.717) is 24.2 Å². The molecule has 0 fully saturated rings. The van der Waals surface area contributed by atoms with E-state index in [1.54, 1.807) is 12.2 Å². The van der Waals surface area contributed by atoms with Crippen molar-refractivity contribution in [1.82, 2.24) is 9.97 Å². The number of hydrogen-bond acceptors (Lipinski definition) is 4. The van der Waals surface area contributed by atoms with Crippen molar-refractivity contribution in [3.8, 4) is 0 Å². The predicted molar refractivity (Wildman–Crippen MR) is 109 cm³/mol. The van der Waals surface area contributed by atoms with Crippen LogP contribution >= 0.6 is 0 Å². The van der Waals surface area contributed by atoms with Crippen LogP contribution in [0, 0.1) is 10.8 Å². The standard InChI is InChI=1S/C22H30N2O2/c1-21(2,3)13-15(25)11-19-20(12-16(26)14-22(4,5)6)24-18-10-8-7-9-17(18)23-19/h7-12,25-26H,13-14H2,1-6H3/b15-11-,16-12-. The summed E-state index contributed by atoms with van der Waals surface area (Å²) in [5.74, 6) is 0.513. The molecule has 0 spiro atoms. The van der Waals surface area contributed by atoms with Crippen LogP contribution in [0.5, 0.6) is 0 Å². The first kappa shape index (κ1) is 20.0. The Hall–Kier alpha value is -2.36. The lowest BCUT2D eigenvalue weighted by molar-refractivity contribution is 0.307. The average molecular weight is 354 g/mol. The second kappa shape index (κ2) is 7.48. The van der Waals surface area contributed by atoms with E-state index in [-0.39, 0.29) is 22.3 Å². The van der Waals surface area contributed by atoms with Gasteiger partial charge in [0.05, 0.1) is 33.9 Å². The molecule has 1 heterocycles. The normalized spacial score (nSPS) is 14.1. The Morgan fingerprint density at radius 1 is 0.769 bits per heavy atom. The summed E-state index contributed by atoms with van der Waals surface area (Å²) in [6, 6.07) is 7.60. The SMILES string of the molecule is CC(C)(C)C/C(O)=C/c1nc2ccccc2nc1/C=C(\O)CC(C)(C)C. The molecule has 0 aliphatic carbocycles. The van der Waals surface area contributed by atoms with Crippen LogP contribution in [-0.4, -0.2) is 20.2 Å². The van der Waals surface area contributed by atoms with Gasteiger partial charge in [-0.2, -0.15) is 0 Å². The summed E-state index contributed by atoms with van der Waals surface area (Å²) in [4.78, 5) is 9.28. The molecule has 0 atom stereocenters. The Labute approximate surface area is 156 Å². The molecule has 1 aromatic carbocycles. The molecule has 0 radical (unpaired) electrons. The maximum absolute atomic E-state index is 10.4. The molecule has 0 bridgehead atoms. The van der Waals surface area contributed by atoms with E-state index in [4.69, 9.17) is 0 Å². The van der Waals surface area contributed by atoms with Gasteiger partial charge in [-0.3, -0.25) is 0 Å². The van der Waals surface area contributed by atoms with Crippen molar-refractivity contribution in [2.45, 2.75) is 54.4 Å². The second-order valence-corrected chi connectivity index (χ2v) is 9.23. The number of nitrogens with zero attached hydrogens (tertiary/aromatic N) is 2. The van der Waals surface area contributed by atoms with Gasteiger partial charge in [0.1, 0.15) is 0 Å². The summed E-state index contributed by atoms with van der Waals surface area (Å²) in [7, 11) is 0. The van der Waals surface area contributed by atoms with E-state index in [1.807, 2.05) is 24.3 Å².